The molecule has 1 aromatic heterocycles. The SMILES string of the molecule is Cc1cc(=O)oc2cc(OCC3CCN(C(=O)C4(C)COC4)CC3)ccc12. The van der Waals surface area contributed by atoms with E-state index in [9.17, 15) is 9.59 Å². The Labute approximate surface area is 158 Å². The summed E-state index contributed by atoms with van der Waals surface area (Å²) in [6.45, 7) is 7.09. The fourth-order valence-electron chi connectivity index (χ4n) is 3.83. The van der Waals surface area contributed by atoms with E-state index in [-0.39, 0.29) is 16.9 Å². The molecule has 0 atom stereocenters. The number of benzene rings is 1. The van der Waals surface area contributed by atoms with Gasteiger partial charge in [-0.3, -0.25) is 4.79 Å². The maximum Gasteiger partial charge on any atom is 0.336 e. The Morgan fingerprint density at radius 1 is 1.26 bits per heavy atom. The summed E-state index contributed by atoms with van der Waals surface area (Å²) in [5.74, 6) is 1.33. The van der Waals surface area contributed by atoms with E-state index < -0.39 is 0 Å². The summed E-state index contributed by atoms with van der Waals surface area (Å²) >= 11 is 0. The average Bonchev–Trinajstić information content (AvgIpc) is 2.64. The summed E-state index contributed by atoms with van der Waals surface area (Å²) in [7, 11) is 0. The summed E-state index contributed by atoms with van der Waals surface area (Å²) in [4.78, 5) is 26.1. The predicted molar refractivity (Wildman–Crippen MR) is 101 cm³/mol. The van der Waals surface area contributed by atoms with Gasteiger partial charge in [0.1, 0.15) is 11.3 Å². The molecule has 4 rings (SSSR count). The van der Waals surface area contributed by atoms with E-state index in [2.05, 4.69) is 0 Å². The van der Waals surface area contributed by atoms with Crippen LogP contribution in [0.3, 0.4) is 0 Å². The Bertz CT molecular complexity index is 906. The number of carbonyl (C=O) groups is 1. The second kappa shape index (κ2) is 7.00. The van der Waals surface area contributed by atoms with Gasteiger partial charge in [-0.2, -0.15) is 0 Å². The van der Waals surface area contributed by atoms with Crippen LogP contribution in [0.15, 0.2) is 33.5 Å². The summed E-state index contributed by atoms with van der Waals surface area (Å²) in [6, 6.07) is 7.10. The van der Waals surface area contributed by atoms with Crippen LogP contribution in [0.4, 0.5) is 0 Å². The first-order chi connectivity index (χ1) is 12.9. The molecule has 0 unspecified atom stereocenters. The molecule has 0 bridgehead atoms. The van der Waals surface area contributed by atoms with Crippen molar-refractivity contribution in [2.75, 3.05) is 32.9 Å². The van der Waals surface area contributed by atoms with Crippen molar-refractivity contribution >= 4 is 16.9 Å². The molecular weight excluding hydrogens is 346 g/mol. The number of carbonyl (C=O) groups excluding carboxylic acids is 1. The van der Waals surface area contributed by atoms with Crippen LogP contribution in [0.5, 0.6) is 5.75 Å². The number of fused-ring (bicyclic) bond motifs is 1. The molecule has 1 amide bonds. The first-order valence-electron chi connectivity index (χ1n) is 9.49. The van der Waals surface area contributed by atoms with E-state index >= 15 is 0 Å². The highest BCUT2D eigenvalue weighted by Crippen LogP contribution is 2.31. The van der Waals surface area contributed by atoms with Gasteiger partial charge in [-0.1, -0.05) is 0 Å². The minimum absolute atomic E-state index is 0.216. The molecule has 144 valence electrons. The molecule has 6 nitrogen and oxygen atoms in total. The topological polar surface area (TPSA) is 69.0 Å². The number of hydrogen-bond acceptors (Lipinski definition) is 5. The number of nitrogens with zero attached hydrogens (tertiary/aromatic N) is 1. The fourth-order valence-corrected chi connectivity index (χ4v) is 3.83. The van der Waals surface area contributed by atoms with E-state index in [1.54, 1.807) is 6.07 Å². The largest absolute Gasteiger partial charge is 0.493 e. The molecule has 2 aliphatic rings. The Balaban J connectivity index is 1.33. The Morgan fingerprint density at radius 2 is 2.00 bits per heavy atom. The average molecular weight is 371 g/mol. The van der Waals surface area contributed by atoms with Crippen LogP contribution < -0.4 is 10.4 Å². The van der Waals surface area contributed by atoms with Crippen LogP contribution in [-0.2, 0) is 9.53 Å². The first kappa shape index (κ1) is 18.0. The monoisotopic (exact) mass is 371 g/mol. The maximum absolute atomic E-state index is 12.5. The molecule has 3 heterocycles. The van der Waals surface area contributed by atoms with Crippen LogP contribution in [0.1, 0.15) is 25.3 Å². The van der Waals surface area contributed by atoms with Crippen molar-refractivity contribution in [2.24, 2.45) is 11.3 Å². The van der Waals surface area contributed by atoms with Gasteiger partial charge in [-0.05, 0) is 50.3 Å². The molecule has 2 fully saturated rings. The highest BCUT2D eigenvalue weighted by Gasteiger charge is 2.44. The van der Waals surface area contributed by atoms with Crippen molar-refractivity contribution in [1.29, 1.82) is 0 Å². The molecule has 1 aromatic carbocycles. The number of aryl methyl sites for hydroxylation is 1. The van der Waals surface area contributed by atoms with Crippen LogP contribution in [0, 0.1) is 18.3 Å². The second-order valence-electron chi connectivity index (χ2n) is 8.01. The van der Waals surface area contributed by atoms with E-state index in [1.807, 2.05) is 30.9 Å². The Morgan fingerprint density at radius 3 is 2.67 bits per heavy atom. The molecular formula is C21H25NO5. The third-order valence-corrected chi connectivity index (χ3v) is 5.67. The molecule has 2 aliphatic heterocycles. The van der Waals surface area contributed by atoms with Crippen LogP contribution >= 0.6 is 0 Å². The highest BCUT2D eigenvalue weighted by molar-refractivity contribution is 5.83. The molecule has 0 radical (unpaired) electrons. The molecule has 0 aliphatic carbocycles. The zero-order valence-electron chi connectivity index (χ0n) is 15.8. The zero-order chi connectivity index (χ0) is 19.0. The molecule has 2 aromatic rings. The van der Waals surface area contributed by atoms with Gasteiger partial charge in [-0.25, -0.2) is 4.79 Å². The summed E-state index contributed by atoms with van der Waals surface area (Å²) in [5.41, 5.74) is 0.778. The lowest BCUT2D eigenvalue weighted by Crippen LogP contribution is -2.55. The van der Waals surface area contributed by atoms with Crippen LogP contribution in [0.25, 0.3) is 11.0 Å². The normalized spacial score (nSPS) is 19.7. The molecule has 0 saturated carbocycles. The van der Waals surface area contributed by atoms with Gasteiger partial charge in [0, 0.05) is 30.6 Å². The third kappa shape index (κ3) is 3.58. The van der Waals surface area contributed by atoms with Crippen molar-refractivity contribution in [3.8, 4) is 5.75 Å². The second-order valence-corrected chi connectivity index (χ2v) is 8.01. The van der Waals surface area contributed by atoms with Crippen molar-refractivity contribution in [2.45, 2.75) is 26.7 Å². The highest BCUT2D eigenvalue weighted by atomic mass is 16.5. The number of rotatable bonds is 4. The van der Waals surface area contributed by atoms with Crippen molar-refractivity contribution < 1.29 is 18.7 Å². The standard InChI is InChI=1S/C21H25NO5/c1-14-9-19(23)27-18-10-16(3-4-17(14)18)26-11-15-5-7-22(8-6-15)20(24)21(2)12-25-13-21/h3-4,9-10,15H,5-8,11-13H2,1-2H3. The smallest absolute Gasteiger partial charge is 0.336 e. The number of hydrogen-bond donors (Lipinski definition) is 0. The van der Waals surface area contributed by atoms with Gasteiger partial charge in [0.05, 0.1) is 25.2 Å². The maximum atomic E-state index is 12.5. The molecule has 6 heteroatoms. The van der Waals surface area contributed by atoms with Crippen molar-refractivity contribution in [3.63, 3.8) is 0 Å². The summed E-state index contributed by atoms with van der Waals surface area (Å²) < 4.78 is 16.4. The number of likely N-dealkylation sites (tertiary alicyclic amines) is 1. The van der Waals surface area contributed by atoms with Gasteiger partial charge in [0.15, 0.2) is 0 Å². The van der Waals surface area contributed by atoms with Crippen molar-refractivity contribution in [1.82, 2.24) is 4.90 Å². The minimum atomic E-state index is -0.347. The molecule has 2 saturated heterocycles. The Hall–Kier alpha value is -2.34. The van der Waals surface area contributed by atoms with E-state index in [4.69, 9.17) is 13.9 Å². The van der Waals surface area contributed by atoms with Gasteiger partial charge in [0.25, 0.3) is 0 Å². The van der Waals surface area contributed by atoms with E-state index in [0.717, 1.165) is 36.9 Å². The van der Waals surface area contributed by atoms with Crippen LogP contribution in [-0.4, -0.2) is 43.7 Å². The zero-order valence-corrected chi connectivity index (χ0v) is 15.8. The number of ether oxygens (including phenoxy) is 2. The van der Waals surface area contributed by atoms with Crippen LogP contribution in [0.2, 0.25) is 0 Å². The van der Waals surface area contributed by atoms with Gasteiger partial charge < -0.3 is 18.8 Å². The lowest BCUT2D eigenvalue weighted by atomic mass is 9.85. The first-order valence-corrected chi connectivity index (χ1v) is 9.49. The summed E-state index contributed by atoms with van der Waals surface area (Å²) in [6.07, 6.45) is 1.87. The summed E-state index contributed by atoms with van der Waals surface area (Å²) in [5, 5.41) is 0.919. The lowest BCUT2D eigenvalue weighted by Gasteiger charge is -2.42. The van der Waals surface area contributed by atoms with Crippen molar-refractivity contribution in [3.05, 3.63) is 40.2 Å². The number of piperidine rings is 1. The van der Waals surface area contributed by atoms with Gasteiger partial charge >= 0.3 is 5.63 Å². The number of amides is 1. The van der Waals surface area contributed by atoms with E-state index in [0.29, 0.717) is 37.1 Å². The Kier molecular flexibility index (Phi) is 4.68. The predicted octanol–water partition coefficient (Wildman–Crippen LogP) is 2.76. The lowest BCUT2D eigenvalue weighted by molar-refractivity contribution is -0.170. The molecule has 27 heavy (non-hydrogen) atoms. The van der Waals surface area contributed by atoms with Gasteiger partial charge in [0.2, 0.25) is 5.91 Å². The minimum Gasteiger partial charge on any atom is -0.493 e. The fraction of sp³-hybridized carbons (Fsp3) is 0.524. The quantitative estimate of drug-likeness (QED) is 0.773. The van der Waals surface area contributed by atoms with E-state index in [1.165, 1.54) is 6.07 Å². The third-order valence-electron chi connectivity index (χ3n) is 5.67. The molecule has 0 spiro atoms. The molecule has 0 N–H and O–H groups in total. The van der Waals surface area contributed by atoms with Gasteiger partial charge in [-0.15, -0.1) is 0 Å².